The van der Waals surface area contributed by atoms with Gasteiger partial charge in [-0.2, -0.15) is 10.1 Å². The first kappa shape index (κ1) is 20.4. The first-order valence-corrected chi connectivity index (χ1v) is 10.6. The molecule has 1 heterocycles. The molecule has 8 nitrogen and oxygen atoms in total. The van der Waals surface area contributed by atoms with E-state index in [9.17, 15) is 19.7 Å². The highest BCUT2D eigenvalue weighted by Crippen LogP contribution is 2.52. The van der Waals surface area contributed by atoms with Crippen LogP contribution in [-0.2, 0) is 16.2 Å². The molecule has 0 N–H and O–H groups in total. The van der Waals surface area contributed by atoms with Crippen LogP contribution < -0.4 is 4.74 Å². The standard InChI is InChI=1S/C23H18ClN3O5/c24-17-6-1-13(2-7-17)12-32-19-8-3-14(9-18(19)27(30)31)11-25-26-22(28)20-15-4-5-16(10-15)21(20)23(26)29/h1-9,11,15-16,20-21H,10,12H2. The Morgan fingerprint density at radius 2 is 1.75 bits per heavy atom. The highest BCUT2D eigenvalue weighted by Gasteiger charge is 2.59. The van der Waals surface area contributed by atoms with Crippen LogP contribution >= 0.6 is 11.6 Å². The Labute approximate surface area is 188 Å². The van der Waals surface area contributed by atoms with E-state index >= 15 is 0 Å². The summed E-state index contributed by atoms with van der Waals surface area (Å²) < 4.78 is 5.62. The van der Waals surface area contributed by atoms with Gasteiger partial charge in [-0.05, 0) is 48.1 Å². The molecular formula is C23H18ClN3O5. The number of fused-ring (bicyclic) bond motifs is 5. The van der Waals surface area contributed by atoms with Gasteiger partial charge in [0.2, 0.25) is 0 Å². The summed E-state index contributed by atoms with van der Waals surface area (Å²) in [5, 5.41) is 17.1. The number of benzene rings is 2. The fraction of sp³-hybridized carbons (Fsp3) is 0.261. The van der Waals surface area contributed by atoms with Crippen LogP contribution in [0.4, 0.5) is 5.69 Å². The predicted octanol–water partition coefficient (Wildman–Crippen LogP) is 3.97. The van der Waals surface area contributed by atoms with Crippen molar-refractivity contribution in [3.8, 4) is 5.75 Å². The number of nitrogens with zero attached hydrogens (tertiary/aromatic N) is 3. The monoisotopic (exact) mass is 451 g/mol. The number of amides is 2. The van der Waals surface area contributed by atoms with Gasteiger partial charge in [-0.3, -0.25) is 19.7 Å². The highest BCUT2D eigenvalue weighted by molar-refractivity contribution is 6.30. The van der Waals surface area contributed by atoms with Crippen LogP contribution in [0.3, 0.4) is 0 Å². The summed E-state index contributed by atoms with van der Waals surface area (Å²) >= 11 is 5.86. The Morgan fingerprint density at radius 1 is 1.09 bits per heavy atom. The molecule has 2 fully saturated rings. The van der Waals surface area contributed by atoms with Gasteiger partial charge in [0.1, 0.15) is 6.61 Å². The van der Waals surface area contributed by atoms with E-state index in [0.29, 0.717) is 10.6 Å². The minimum absolute atomic E-state index is 0.0970. The van der Waals surface area contributed by atoms with Gasteiger partial charge in [0.05, 0.1) is 23.0 Å². The van der Waals surface area contributed by atoms with Gasteiger partial charge in [0, 0.05) is 16.7 Å². The molecule has 0 radical (unpaired) electrons. The number of carbonyl (C=O) groups is 2. The largest absolute Gasteiger partial charge is 0.482 e. The van der Waals surface area contributed by atoms with Crippen molar-refractivity contribution >= 4 is 35.3 Å². The quantitative estimate of drug-likeness (QED) is 0.217. The average molecular weight is 452 g/mol. The summed E-state index contributed by atoms with van der Waals surface area (Å²) in [6.07, 6.45) is 6.16. The third-order valence-corrected chi connectivity index (χ3v) is 6.51. The molecule has 32 heavy (non-hydrogen) atoms. The van der Waals surface area contributed by atoms with E-state index < -0.39 is 4.92 Å². The summed E-state index contributed by atoms with van der Waals surface area (Å²) in [6.45, 7) is 0.140. The summed E-state index contributed by atoms with van der Waals surface area (Å²) in [7, 11) is 0. The molecule has 2 bridgehead atoms. The molecule has 9 heteroatoms. The lowest BCUT2D eigenvalue weighted by atomic mass is 9.85. The zero-order valence-corrected chi connectivity index (χ0v) is 17.5. The number of carbonyl (C=O) groups excluding carboxylic acids is 2. The second-order valence-electron chi connectivity index (χ2n) is 8.13. The van der Waals surface area contributed by atoms with Crippen molar-refractivity contribution in [1.82, 2.24) is 5.01 Å². The number of hydrazone groups is 1. The molecule has 1 aliphatic heterocycles. The number of rotatable bonds is 6. The molecule has 2 amide bonds. The predicted molar refractivity (Wildman–Crippen MR) is 116 cm³/mol. The summed E-state index contributed by atoms with van der Waals surface area (Å²) in [5.41, 5.74) is 0.963. The number of halogens is 1. The van der Waals surface area contributed by atoms with E-state index in [0.717, 1.165) is 17.0 Å². The number of allylic oxidation sites excluding steroid dienone is 2. The van der Waals surface area contributed by atoms with E-state index in [1.807, 2.05) is 12.2 Å². The maximum atomic E-state index is 12.7. The van der Waals surface area contributed by atoms with Crippen LogP contribution in [0.25, 0.3) is 0 Å². The molecule has 162 valence electrons. The maximum Gasteiger partial charge on any atom is 0.311 e. The van der Waals surface area contributed by atoms with Gasteiger partial charge in [-0.1, -0.05) is 35.9 Å². The van der Waals surface area contributed by atoms with Crippen molar-refractivity contribution < 1.29 is 19.2 Å². The second kappa shape index (κ2) is 7.87. The molecule has 4 unspecified atom stereocenters. The molecule has 4 atom stereocenters. The topological polar surface area (TPSA) is 102 Å². The van der Waals surface area contributed by atoms with Crippen molar-refractivity contribution in [2.75, 3.05) is 0 Å². The van der Waals surface area contributed by atoms with Crippen LogP contribution in [0.2, 0.25) is 5.02 Å². The molecule has 0 aromatic heterocycles. The fourth-order valence-electron chi connectivity index (χ4n) is 4.75. The van der Waals surface area contributed by atoms with Gasteiger partial charge >= 0.3 is 5.69 Å². The Bertz CT molecular complexity index is 1150. The Morgan fingerprint density at radius 3 is 2.38 bits per heavy atom. The molecule has 2 aromatic rings. The second-order valence-corrected chi connectivity index (χ2v) is 8.57. The third kappa shape index (κ3) is 3.46. The molecular weight excluding hydrogens is 434 g/mol. The maximum absolute atomic E-state index is 12.7. The van der Waals surface area contributed by atoms with E-state index in [1.54, 1.807) is 30.3 Å². The Kier molecular flexibility index (Phi) is 5.01. The smallest absolute Gasteiger partial charge is 0.311 e. The minimum atomic E-state index is -0.547. The first-order chi connectivity index (χ1) is 15.4. The molecule has 3 aliphatic rings. The Balaban J connectivity index is 1.32. The van der Waals surface area contributed by atoms with Crippen LogP contribution in [0.5, 0.6) is 5.75 Å². The number of nitro benzene ring substituents is 1. The number of hydrogen-bond donors (Lipinski definition) is 0. The molecule has 5 rings (SSSR count). The van der Waals surface area contributed by atoms with Crippen molar-refractivity contribution in [2.45, 2.75) is 13.0 Å². The zero-order chi connectivity index (χ0) is 22.4. The van der Waals surface area contributed by atoms with Gasteiger partial charge < -0.3 is 4.74 Å². The van der Waals surface area contributed by atoms with Gasteiger partial charge in [-0.15, -0.1) is 0 Å². The zero-order valence-electron chi connectivity index (χ0n) is 16.8. The fourth-order valence-corrected chi connectivity index (χ4v) is 4.87. The minimum Gasteiger partial charge on any atom is -0.482 e. The lowest BCUT2D eigenvalue weighted by molar-refractivity contribution is -0.385. The molecule has 2 aromatic carbocycles. The SMILES string of the molecule is O=C1C2C3C=CC(C3)C2C(=O)N1N=Cc1ccc(OCc2ccc(Cl)cc2)c([N+](=O)[O-])c1. The third-order valence-electron chi connectivity index (χ3n) is 6.26. The van der Waals surface area contributed by atoms with Crippen molar-refractivity contribution in [1.29, 1.82) is 0 Å². The molecule has 0 spiro atoms. The van der Waals surface area contributed by atoms with Crippen LogP contribution in [0.1, 0.15) is 17.5 Å². The van der Waals surface area contributed by atoms with Gasteiger partial charge in [0.25, 0.3) is 11.8 Å². The number of ether oxygens (including phenoxy) is 1. The van der Waals surface area contributed by atoms with Crippen molar-refractivity contribution in [2.24, 2.45) is 28.8 Å². The highest BCUT2D eigenvalue weighted by atomic mass is 35.5. The van der Waals surface area contributed by atoms with Crippen molar-refractivity contribution in [3.63, 3.8) is 0 Å². The summed E-state index contributed by atoms with van der Waals surface area (Å²) in [6, 6.07) is 11.3. The lowest BCUT2D eigenvalue weighted by Gasteiger charge is -2.13. The number of nitro groups is 1. The van der Waals surface area contributed by atoms with Crippen LogP contribution in [-0.4, -0.2) is 28.0 Å². The van der Waals surface area contributed by atoms with Crippen LogP contribution in [0, 0.1) is 33.8 Å². The van der Waals surface area contributed by atoms with E-state index in [1.165, 1.54) is 18.3 Å². The van der Waals surface area contributed by atoms with E-state index in [-0.39, 0.29) is 53.5 Å². The summed E-state index contributed by atoms with van der Waals surface area (Å²) in [5.74, 6) is -0.983. The average Bonchev–Trinajstić information content (AvgIpc) is 3.46. The summed E-state index contributed by atoms with van der Waals surface area (Å²) in [4.78, 5) is 36.4. The van der Waals surface area contributed by atoms with Gasteiger partial charge in [0.15, 0.2) is 5.75 Å². The van der Waals surface area contributed by atoms with Crippen LogP contribution in [0.15, 0.2) is 59.7 Å². The lowest BCUT2D eigenvalue weighted by Crippen LogP contribution is -2.28. The molecule has 2 aliphatic carbocycles. The van der Waals surface area contributed by atoms with Gasteiger partial charge in [-0.25, -0.2) is 0 Å². The molecule has 1 saturated carbocycles. The van der Waals surface area contributed by atoms with Crippen molar-refractivity contribution in [3.05, 3.63) is 80.9 Å². The number of imide groups is 1. The van der Waals surface area contributed by atoms with E-state index in [4.69, 9.17) is 16.3 Å². The van der Waals surface area contributed by atoms with E-state index in [2.05, 4.69) is 5.10 Å². The normalized spacial score (nSPS) is 25.7. The Hall–Kier alpha value is -3.52. The first-order valence-electron chi connectivity index (χ1n) is 10.2. The molecule has 1 saturated heterocycles. The number of hydrogen-bond acceptors (Lipinski definition) is 6.